The quantitative estimate of drug-likeness (QED) is 0.916. The Labute approximate surface area is 129 Å². The first-order chi connectivity index (χ1) is 9.81. The molecule has 0 heterocycles. The molecule has 3 atom stereocenters. The van der Waals surface area contributed by atoms with Gasteiger partial charge in [0, 0.05) is 6.04 Å². The molecule has 0 spiro atoms. The summed E-state index contributed by atoms with van der Waals surface area (Å²) >= 11 is 0. The van der Waals surface area contributed by atoms with Gasteiger partial charge in [-0.15, -0.1) is 0 Å². The number of sulfonamides is 1. The fraction of sp³-hybridized carbons (Fsp3) is 0.647. The summed E-state index contributed by atoms with van der Waals surface area (Å²) in [7, 11) is -3.41. The van der Waals surface area contributed by atoms with Crippen LogP contribution in [0.4, 0.5) is 0 Å². The maximum atomic E-state index is 12.5. The average Bonchev–Trinajstić information content (AvgIpc) is 2.44. The summed E-state index contributed by atoms with van der Waals surface area (Å²) in [5, 5.41) is 0. The summed E-state index contributed by atoms with van der Waals surface area (Å²) in [5.41, 5.74) is 1.16. The van der Waals surface area contributed by atoms with Crippen molar-refractivity contribution in [3.63, 3.8) is 0 Å². The fourth-order valence-corrected chi connectivity index (χ4v) is 4.41. The van der Waals surface area contributed by atoms with E-state index in [1.807, 2.05) is 12.1 Å². The number of benzene rings is 1. The van der Waals surface area contributed by atoms with Crippen molar-refractivity contribution in [2.75, 3.05) is 0 Å². The SMILES string of the molecule is CC(C)c1ccc(S(=O)(=O)NC2CCCC(C)C2C)cc1. The number of rotatable bonds is 4. The first kappa shape index (κ1) is 16.5. The zero-order chi connectivity index (χ0) is 15.6. The molecule has 1 aromatic carbocycles. The van der Waals surface area contributed by atoms with Crippen LogP contribution in [-0.2, 0) is 10.0 Å². The maximum absolute atomic E-state index is 12.5. The average molecular weight is 309 g/mol. The van der Waals surface area contributed by atoms with Crippen molar-refractivity contribution in [1.82, 2.24) is 4.72 Å². The number of nitrogens with one attached hydrogen (secondary N) is 1. The van der Waals surface area contributed by atoms with E-state index in [1.165, 1.54) is 6.42 Å². The smallest absolute Gasteiger partial charge is 0.208 e. The molecule has 1 N–H and O–H groups in total. The molecule has 21 heavy (non-hydrogen) atoms. The first-order valence-corrected chi connectivity index (χ1v) is 9.42. The van der Waals surface area contributed by atoms with Crippen molar-refractivity contribution in [3.05, 3.63) is 29.8 Å². The molecular weight excluding hydrogens is 282 g/mol. The lowest BCUT2D eigenvalue weighted by molar-refractivity contribution is 0.227. The molecule has 1 aliphatic rings. The molecule has 0 amide bonds. The Morgan fingerprint density at radius 3 is 2.29 bits per heavy atom. The number of hydrogen-bond acceptors (Lipinski definition) is 2. The summed E-state index contributed by atoms with van der Waals surface area (Å²) in [6.07, 6.45) is 3.24. The van der Waals surface area contributed by atoms with E-state index >= 15 is 0 Å². The lowest BCUT2D eigenvalue weighted by Gasteiger charge is -2.34. The van der Waals surface area contributed by atoms with Gasteiger partial charge in [-0.1, -0.05) is 52.7 Å². The Morgan fingerprint density at radius 2 is 1.71 bits per heavy atom. The first-order valence-electron chi connectivity index (χ1n) is 7.93. The Kier molecular flexibility index (Phi) is 5.10. The van der Waals surface area contributed by atoms with Crippen LogP contribution in [0.5, 0.6) is 0 Å². The highest BCUT2D eigenvalue weighted by Crippen LogP contribution is 2.30. The second-order valence-electron chi connectivity index (χ2n) is 6.72. The second-order valence-corrected chi connectivity index (χ2v) is 8.43. The molecule has 118 valence electrons. The van der Waals surface area contributed by atoms with Gasteiger partial charge >= 0.3 is 0 Å². The van der Waals surface area contributed by atoms with Crippen molar-refractivity contribution in [1.29, 1.82) is 0 Å². The van der Waals surface area contributed by atoms with Crippen LogP contribution in [0.1, 0.15) is 58.4 Å². The van der Waals surface area contributed by atoms with Gasteiger partial charge in [0.2, 0.25) is 10.0 Å². The summed E-state index contributed by atoms with van der Waals surface area (Å²) in [5.74, 6) is 1.38. The molecular formula is C17H27NO2S. The van der Waals surface area contributed by atoms with Crippen LogP contribution in [0.15, 0.2) is 29.2 Å². The zero-order valence-electron chi connectivity index (χ0n) is 13.5. The van der Waals surface area contributed by atoms with Crippen molar-refractivity contribution in [2.24, 2.45) is 11.8 Å². The minimum Gasteiger partial charge on any atom is -0.208 e. The Morgan fingerprint density at radius 1 is 1.10 bits per heavy atom. The minimum atomic E-state index is -3.41. The highest BCUT2D eigenvalue weighted by Gasteiger charge is 2.30. The van der Waals surface area contributed by atoms with Gasteiger partial charge < -0.3 is 0 Å². The van der Waals surface area contributed by atoms with E-state index in [9.17, 15) is 8.42 Å². The monoisotopic (exact) mass is 309 g/mol. The molecule has 1 aromatic rings. The summed E-state index contributed by atoms with van der Waals surface area (Å²) < 4.78 is 28.0. The van der Waals surface area contributed by atoms with Crippen molar-refractivity contribution >= 4 is 10.0 Å². The van der Waals surface area contributed by atoms with Crippen LogP contribution in [-0.4, -0.2) is 14.5 Å². The standard InChI is InChI=1S/C17H27NO2S/c1-12(2)15-8-10-16(11-9-15)21(19,20)18-17-7-5-6-13(3)14(17)4/h8-14,17-18H,5-7H2,1-4H3. The topological polar surface area (TPSA) is 46.2 Å². The Balaban J connectivity index is 2.14. The molecule has 3 unspecified atom stereocenters. The summed E-state index contributed by atoms with van der Waals surface area (Å²) in [6.45, 7) is 8.57. The van der Waals surface area contributed by atoms with E-state index in [4.69, 9.17) is 0 Å². The van der Waals surface area contributed by atoms with Gasteiger partial charge in [-0.05, 0) is 41.9 Å². The van der Waals surface area contributed by atoms with Gasteiger partial charge in [0.25, 0.3) is 0 Å². The third-order valence-corrected chi connectivity index (χ3v) is 6.38. The van der Waals surface area contributed by atoms with Gasteiger partial charge in [0.1, 0.15) is 0 Å². The minimum absolute atomic E-state index is 0.0588. The summed E-state index contributed by atoms with van der Waals surface area (Å²) in [4.78, 5) is 0.373. The predicted octanol–water partition coefficient (Wildman–Crippen LogP) is 3.91. The van der Waals surface area contributed by atoms with E-state index in [0.717, 1.165) is 18.4 Å². The third-order valence-electron chi connectivity index (χ3n) is 4.87. The van der Waals surface area contributed by atoms with Crippen LogP contribution in [0, 0.1) is 11.8 Å². The van der Waals surface area contributed by atoms with Crippen LogP contribution in [0.3, 0.4) is 0 Å². The van der Waals surface area contributed by atoms with Crippen molar-refractivity contribution in [3.8, 4) is 0 Å². The van der Waals surface area contributed by atoms with E-state index < -0.39 is 10.0 Å². The molecule has 0 radical (unpaired) electrons. The fourth-order valence-electron chi connectivity index (χ4n) is 3.05. The number of hydrogen-bond donors (Lipinski definition) is 1. The molecule has 4 heteroatoms. The lowest BCUT2D eigenvalue weighted by atomic mass is 9.78. The lowest BCUT2D eigenvalue weighted by Crippen LogP contribution is -2.43. The van der Waals surface area contributed by atoms with Crippen LogP contribution < -0.4 is 4.72 Å². The molecule has 0 aliphatic heterocycles. The van der Waals surface area contributed by atoms with Crippen molar-refractivity contribution < 1.29 is 8.42 Å². The van der Waals surface area contributed by atoms with Gasteiger partial charge in [-0.2, -0.15) is 0 Å². The normalized spacial score (nSPS) is 27.0. The van der Waals surface area contributed by atoms with E-state index in [1.54, 1.807) is 12.1 Å². The van der Waals surface area contributed by atoms with Crippen LogP contribution in [0.25, 0.3) is 0 Å². The van der Waals surface area contributed by atoms with Gasteiger partial charge in [-0.3, -0.25) is 0 Å². The maximum Gasteiger partial charge on any atom is 0.240 e. The van der Waals surface area contributed by atoms with Crippen LogP contribution in [0.2, 0.25) is 0 Å². The predicted molar refractivity (Wildman–Crippen MR) is 86.8 cm³/mol. The molecule has 1 saturated carbocycles. The molecule has 2 rings (SSSR count). The van der Waals surface area contributed by atoms with Gasteiger partial charge in [0.15, 0.2) is 0 Å². The second kappa shape index (κ2) is 6.49. The van der Waals surface area contributed by atoms with Crippen molar-refractivity contribution in [2.45, 2.75) is 63.8 Å². The molecule has 0 aromatic heterocycles. The molecule has 0 bridgehead atoms. The van der Waals surface area contributed by atoms with E-state index in [2.05, 4.69) is 32.4 Å². The summed E-state index contributed by atoms with van der Waals surface area (Å²) in [6, 6.07) is 7.31. The Bertz CT molecular complexity index is 563. The highest BCUT2D eigenvalue weighted by atomic mass is 32.2. The van der Waals surface area contributed by atoms with E-state index in [0.29, 0.717) is 22.6 Å². The molecule has 1 fully saturated rings. The molecule has 0 saturated heterocycles. The highest BCUT2D eigenvalue weighted by molar-refractivity contribution is 7.89. The molecule has 3 nitrogen and oxygen atoms in total. The van der Waals surface area contributed by atoms with Gasteiger partial charge in [-0.25, -0.2) is 13.1 Å². The van der Waals surface area contributed by atoms with Gasteiger partial charge in [0.05, 0.1) is 4.90 Å². The largest absolute Gasteiger partial charge is 0.240 e. The molecule has 1 aliphatic carbocycles. The Hall–Kier alpha value is -0.870. The van der Waals surface area contributed by atoms with Crippen LogP contribution >= 0.6 is 0 Å². The van der Waals surface area contributed by atoms with E-state index in [-0.39, 0.29) is 6.04 Å². The zero-order valence-corrected chi connectivity index (χ0v) is 14.3. The third kappa shape index (κ3) is 3.86.